The maximum atomic E-state index is 13.1. The summed E-state index contributed by atoms with van der Waals surface area (Å²) >= 11 is 0. The van der Waals surface area contributed by atoms with Crippen LogP contribution in [0.25, 0.3) is 0 Å². The van der Waals surface area contributed by atoms with Crippen molar-refractivity contribution in [2.24, 2.45) is 4.99 Å². The number of nitrogens with one attached hydrogen (secondary N) is 2. The topological polar surface area (TPSA) is 45.7 Å². The number of guanidine groups is 1. The van der Waals surface area contributed by atoms with E-state index in [0.29, 0.717) is 12.6 Å². The van der Waals surface area contributed by atoms with Gasteiger partial charge < -0.3 is 15.4 Å². The molecule has 0 bridgehead atoms. The highest BCUT2D eigenvalue weighted by molar-refractivity contribution is 14.0. The zero-order chi connectivity index (χ0) is 14.2. The Morgan fingerprint density at radius 3 is 2.95 bits per heavy atom. The fourth-order valence-electron chi connectivity index (χ4n) is 2.28. The highest BCUT2D eigenvalue weighted by atomic mass is 127. The smallest absolute Gasteiger partial charge is 0.191 e. The summed E-state index contributed by atoms with van der Waals surface area (Å²) in [6, 6.07) is 6.56. The summed E-state index contributed by atoms with van der Waals surface area (Å²) in [5.74, 6) is 0.512. The van der Waals surface area contributed by atoms with Crippen LogP contribution in [-0.4, -0.2) is 32.3 Å². The Kier molecular flexibility index (Phi) is 8.60. The fourth-order valence-corrected chi connectivity index (χ4v) is 2.28. The maximum absolute atomic E-state index is 13.1. The van der Waals surface area contributed by atoms with Crippen molar-refractivity contribution >= 4 is 29.9 Å². The molecule has 118 valence electrons. The molecule has 0 amide bonds. The van der Waals surface area contributed by atoms with Gasteiger partial charge in [-0.05, 0) is 37.0 Å². The third-order valence-corrected chi connectivity index (χ3v) is 3.36. The second kappa shape index (κ2) is 9.94. The van der Waals surface area contributed by atoms with E-state index >= 15 is 0 Å². The molecule has 0 radical (unpaired) electrons. The summed E-state index contributed by atoms with van der Waals surface area (Å²) in [6.45, 7) is 2.27. The van der Waals surface area contributed by atoms with Crippen LogP contribution in [-0.2, 0) is 11.3 Å². The minimum absolute atomic E-state index is 0. The number of hydrogen-bond acceptors (Lipinski definition) is 2. The van der Waals surface area contributed by atoms with E-state index in [0.717, 1.165) is 43.9 Å². The second-order valence-electron chi connectivity index (χ2n) is 4.91. The second-order valence-corrected chi connectivity index (χ2v) is 4.91. The van der Waals surface area contributed by atoms with E-state index in [2.05, 4.69) is 15.6 Å². The van der Waals surface area contributed by atoms with Crippen LogP contribution < -0.4 is 10.6 Å². The molecule has 1 aliphatic heterocycles. The van der Waals surface area contributed by atoms with Crippen molar-refractivity contribution in [3.8, 4) is 0 Å². The quantitative estimate of drug-likeness (QED) is 0.448. The molecule has 0 aromatic heterocycles. The van der Waals surface area contributed by atoms with Crippen molar-refractivity contribution in [2.45, 2.75) is 31.9 Å². The number of rotatable bonds is 5. The molecule has 0 aliphatic carbocycles. The summed E-state index contributed by atoms with van der Waals surface area (Å²) in [5.41, 5.74) is 0.895. The molecule has 1 heterocycles. The lowest BCUT2D eigenvalue weighted by atomic mass is 10.2. The van der Waals surface area contributed by atoms with E-state index in [1.54, 1.807) is 13.1 Å². The lowest BCUT2D eigenvalue weighted by molar-refractivity contribution is 0.105. The third kappa shape index (κ3) is 6.60. The molecule has 4 nitrogen and oxygen atoms in total. The van der Waals surface area contributed by atoms with Gasteiger partial charge in [-0.1, -0.05) is 12.1 Å². The van der Waals surface area contributed by atoms with Gasteiger partial charge in [-0.15, -0.1) is 24.0 Å². The Labute approximate surface area is 142 Å². The normalized spacial score (nSPS) is 18.2. The van der Waals surface area contributed by atoms with Crippen LogP contribution in [0.1, 0.15) is 24.8 Å². The molecule has 1 fully saturated rings. The van der Waals surface area contributed by atoms with Gasteiger partial charge in [-0.3, -0.25) is 4.99 Å². The van der Waals surface area contributed by atoms with Crippen LogP contribution in [0.2, 0.25) is 0 Å². The summed E-state index contributed by atoms with van der Waals surface area (Å²) < 4.78 is 18.6. The highest BCUT2D eigenvalue weighted by Gasteiger charge is 2.14. The predicted octanol–water partition coefficient (Wildman–Crippen LogP) is 2.68. The van der Waals surface area contributed by atoms with Crippen molar-refractivity contribution in [1.82, 2.24) is 10.6 Å². The molecule has 2 N–H and O–H groups in total. The van der Waals surface area contributed by atoms with Crippen molar-refractivity contribution < 1.29 is 9.13 Å². The van der Waals surface area contributed by atoms with Gasteiger partial charge in [0.1, 0.15) is 5.82 Å². The molecule has 6 heteroatoms. The number of hydrogen-bond donors (Lipinski definition) is 2. The Morgan fingerprint density at radius 1 is 1.43 bits per heavy atom. The Bertz CT molecular complexity index is 450. The van der Waals surface area contributed by atoms with Gasteiger partial charge in [-0.25, -0.2) is 4.39 Å². The zero-order valence-electron chi connectivity index (χ0n) is 12.3. The average molecular weight is 407 g/mol. The molecular formula is C15H23FIN3O. The molecule has 1 unspecified atom stereocenters. The van der Waals surface area contributed by atoms with Gasteiger partial charge >= 0.3 is 0 Å². The van der Waals surface area contributed by atoms with Crippen LogP contribution in [0.4, 0.5) is 4.39 Å². The first-order valence-corrected chi connectivity index (χ1v) is 7.08. The Balaban J connectivity index is 0.00000220. The minimum Gasteiger partial charge on any atom is -0.378 e. The van der Waals surface area contributed by atoms with Crippen LogP contribution in [0.15, 0.2) is 29.3 Å². The highest BCUT2D eigenvalue weighted by Crippen LogP contribution is 2.14. The van der Waals surface area contributed by atoms with E-state index in [4.69, 9.17) is 4.74 Å². The van der Waals surface area contributed by atoms with E-state index in [1.165, 1.54) is 12.1 Å². The first kappa shape index (κ1) is 18.2. The van der Waals surface area contributed by atoms with Gasteiger partial charge in [0.05, 0.1) is 6.10 Å². The molecule has 0 spiro atoms. The molecule has 21 heavy (non-hydrogen) atoms. The van der Waals surface area contributed by atoms with Crippen LogP contribution >= 0.6 is 24.0 Å². The number of aliphatic imine (C=N–C) groups is 1. The van der Waals surface area contributed by atoms with E-state index in [-0.39, 0.29) is 29.8 Å². The average Bonchev–Trinajstić information content (AvgIpc) is 2.96. The summed E-state index contributed by atoms with van der Waals surface area (Å²) in [4.78, 5) is 4.15. The predicted molar refractivity (Wildman–Crippen MR) is 93.6 cm³/mol. The first-order valence-electron chi connectivity index (χ1n) is 7.08. The SMILES string of the molecule is CN=C(NCCC1CCCO1)NCc1cccc(F)c1.I. The molecule has 0 saturated carbocycles. The first-order chi connectivity index (χ1) is 9.78. The lowest BCUT2D eigenvalue weighted by Gasteiger charge is -2.14. The van der Waals surface area contributed by atoms with Crippen LogP contribution in [0.3, 0.4) is 0 Å². The number of halogens is 2. The van der Waals surface area contributed by atoms with Crippen molar-refractivity contribution in [3.05, 3.63) is 35.6 Å². The van der Waals surface area contributed by atoms with E-state index in [1.807, 2.05) is 6.07 Å². The van der Waals surface area contributed by atoms with E-state index in [9.17, 15) is 4.39 Å². The summed E-state index contributed by atoms with van der Waals surface area (Å²) in [5, 5.41) is 6.42. The zero-order valence-corrected chi connectivity index (χ0v) is 14.6. The van der Waals surface area contributed by atoms with Crippen molar-refractivity contribution in [1.29, 1.82) is 0 Å². The Hall–Kier alpha value is -0.890. The van der Waals surface area contributed by atoms with Gasteiger partial charge in [0.15, 0.2) is 5.96 Å². The molecule has 1 aromatic carbocycles. The largest absolute Gasteiger partial charge is 0.378 e. The number of ether oxygens (including phenoxy) is 1. The van der Waals surface area contributed by atoms with Gasteiger partial charge in [0.2, 0.25) is 0 Å². The van der Waals surface area contributed by atoms with Crippen LogP contribution in [0.5, 0.6) is 0 Å². The molecule has 1 atom stereocenters. The van der Waals surface area contributed by atoms with E-state index < -0.39 is 0 Å². The third-order valence-electron chi connectivity index (χ3n) is 3.36. The molecule has 1 saturated heterocycles. The molecular weight excluding hydrogens is 384 g/mol. The fraction of sp³-hybridized carbons (Fsp3) is 0.533. The monoisotopic (exact) mass is 407 g/mol. The van der Waals surface area contributed by atoms with Gasteiger partial charge in [0, 0.05) is 26.7 Å². The standard InChI is InChI=1S/C15H22FN3O.HI/c1-17-15(18-8-7-14-6-3-9-20-14)19-11-12-4-2-5-13(16)10-12;/h2,4-5,10,14H,3,6-9,11H2,1H3,(H2,17,18,19);1H. The van der Waals surface area contributed by atoms with Crippen molar-refractivity contribution in [3.63, 3.8) is 0 Å². The molecule has 1 aliphatic rings. The lowest BCUT2D eigenvalue weighted by Crippen LogP contribution is -2.38. The summed E-state index contributed by atoms with van der Waals surface area (Å²) in [7, 11) is 1.73. The Morgan fingerprint density at radius 2 is 2.29 bits per heavy atom. The number of benzene rings is 1. The maximum Gasteiger partial charge on any atom is 0.191 e. The molecule has 1 aromatic rings. The number of nitrogens with zero attached hydrogens (tertiary/aromatic N) is 1. The summed E-state index contributed by atoms with van der Waals surface area (Å²) in [6.07, 6.45) is 3.68. The van der Waals surface area contributed by atoms with Crippen molar-refractivity contribution in [2.75, 3.05) is 20.2 Å². The molecule has 2 rings (SSSR count). The minimum atomic E-state index is -0.217. The van der Waals surface area contributed by atoms with Crippen LogP contribution in [0, 0.1) is 5.82 Å². The van der Waals surface area contributed by atoms with Gasteiger partial charge in [-0.2, -0.15) is 0 Å². The van der Waals surface area contributed by atoms with Gasteiger partial charge in [0.25, 0.3) is 0 Å².